The minimum atomic E-state index is -0.545. The number of halogens is 1. The van der Waals surface area contributed by atoms with Gasteiger partial charge in [0.15, 0.2) is 0 Å². The van der Waals surface area contributed by atoms with E-state index in [0.29, 0.717) is 5.88 Å². The number of para-hydroxylation sites is 1. The second-order valence-electron chi connectivity index (χ2n) is 4.85. The molecular formula is C13H15ClN2O3. The highest BCUT2D eigenvalue weighted by molar-refractivity contribution is 6.19. The van der Waals surface area contributed by atoms with Gasteiger partial charge in [-0.3, -0.25) is 14.9 Å². The van der Waals surface area contributed by atoms with E-state index in [2.05, 4.69) is 5.32 Å². The third kappa shape index (κ3) is 2.87. The van der Waals surface area contributed by atoms with Gasteiger partial charge in [0, 0.05) is 11.9 Å². The zero-order chi connectivity index (χ0) is 13.9. The third-order valence-electron chi connectivity index (χ3n) is 3.54. The first-order valence-electron chi connectivity index (χ1n) is 6.20. The number of nitrogens with one attached hydrogen (secondary N) is 1. The molecule has 1 aromatic rings. The molecule has 0 saturated heterocycles. The van der Waals surface area contributed by atoms with E-state index in [0.717, 1.165) is 25.7 Å². The first-order chi connectivity index (χ1) is 9.08. The molecule has 5 nitrogen and oxygen atoms in total. The lowest BCUT2D eigenvalue weighted by Crippen LogP contribution is -2.48. The SMILES string of the molecule is O=C(NC1(CCl)CCCC1)c1ccccc1[N+](=O)[O-]. The number of hydrogen-bond donors (Lipinski definition) is 1. The number of nitro benzene ring substituents is 1. The number of carbonyl (C=O) groups is 1. The average Bonchev–Trinajstić information content (AvgIpc) is 2.87. The molecule has 19 heavy (non-hydrogen) atoms. The number of alkyl halides is 1. The molecule has 0 unspecified atom stereocenters. The van der Waals surface area contributed by atoms with Crippen LogP contribution in [0.2, 0.25) is 0 Å². The van der Waals surface area contributed by atoms with Crippen LogP contribution < -0.4 is 5.32 Å². The molecule has 1 aromatic carbocycles. The number of hydrogen-bond acceptors (Lipinski definition) is 3. The van der Waals surface area contributed by atoms with Crippen molar-refractivity contribution < 1.29 is 9.72 Å². The second-order valence-corrected chi connectivity index (χ2v) is 5.12. The zero-order valence-electron chi connectivity index (χ0n) is 10.4. The van der Waals surface area contributed by atoms with E-state index in [9.17, 15) is 14.9 Å². The summed E-state index contributed by atoms with van der Waals surface area (Å²) in [5.74, 6) is -0.0887. The topological polar surface area (TPSA) is 72.2 Å². The van der Waals surface area contributed by atoms with Crippen LogP contribution >= 0.6 is 11.6 Å². The molecule has 2 rings (SSSR count). The Balaban J connectivity index is 2.23. The Morgan fingerprint density at radius 3 is 2.58 bits per heavy atom. The Bertz CT molecular complexity index is 498. The van der Waals surface area contributed by atoms with Crippen molar-refractivity contribution in [2.24, 2.45) is 0 Å². The van der Waals surface area contributed by atoms with Gasteiger partial charge in [-0.25, -0.2) is 0 Å². The van der Waals surface area contributed by atoms with Crippen molar-refractivity contribution in [3.8, 4) is 0 Å². The maximum atomic E-state index is 12.2. The van der Waals surface area contributed by atoms with Crippen molar-refractivity contribution in [2.45, 2.75) is 31.2 Å². The molecule has 1 aliphatic carbocycles. The first kappa shape index (κ1) is 13.8. The standard InChI is InChI=1S/C13H15ClN2O3/c14-9-13(7-3-4-8-13)15-12(17)10-5-1-2-6-11(10)16(18)19/h1-2,5-6H,3-4,7-9H2,(H,15,17). The fourth-order valence-corrected chi connectivity index (χ4v) is 2.81. The molecule has 1 saturated carbocycles. The lowest BCUT2D eigenvalue weighted by Gasteiger charge is -2.27. The summed E-state index contributed by atoms with van der Waals surface area (Å²) in [6.45, 7) is 0. The molecule has 0 atom stereocenters. The molecule has 0 bridgehead atoms. The predicted octanol–water partition coefficient (Wildman–Crippen LogP) is 2.88. The molecule has 1 amide bonds. The molecule has 0 spiro atoms. The van der Waals surface area contributed by atoms with Crippen molar-refractivity contribution in [2.75, 3.05) is 5.88 Å². The summed E-state index contributed by atoms with van der Waals surface area (Å²) < 4.78 is 0. The minimum absolute atomic E-state index is 0.0869. The Labute approximate surface area is 116 Å². The highest BCUT2D eigenvalue weighted by atomic mass is 35.5. The number of rotatable bonds is 4. The van der Waals surface area contributed by atoms with Crippen molar-refractivity contribution >= 4 is 23.2 Å². The van der Waals surface area contributed by atoms with Gasteiger partial charge in [0.05, 0.1) is 10.5 Å². The normalized spacial score (nSPS) is 17.1. The smallest absolute Gasteiger partial charge is 0.282 e. The monoisotopic (exact) mass is 282 g/mol. The van der Waals surface area contributed by atoms with Gasteiger partial charge in [-0.2, -0.15) is 0 Å². The number of nitro groups is 1. The van der Waals surface area contributed by atoms with Gasteiger partial charge in [0.2, 0.25) is 0 Å². The van der Waals surface area contributed by atoms with Crippen LogP contribution in [0.5, 0.6) is 0 Å². The van der Waals surface area contributed by atoms with Crippen LogP contribution in [-0.2, 0) is 0 Å². The predicted molar refractivity (Wildman–Crippen MR) is 72.5 cm³/mol. The van der Waals surface area contributed by atoms with E-state index < -0.39 is 16.4 Å². The van der Waals surface area contributed by atoms with Gasteiger partial charge in [0.1, 0.15) is 5.56 Å². The fourth-order valence-electron chi connectivity index (χ4n) is 2.48. The Morgan fingerprint density at radius 2 is 2.00 bits per heavy atom. The molecule has 1 fully saturated rings. The first-order valence-corrected chi connectivity index (χ1v) is 6.73. The van der Waals surface area contributed by atoms with E-state index in [1.807, 2.05) is 0 Å². The summed E-state index contributed by atoms with van der Waals surface area (Å²) in [4.78, 5) is 22.6. The number of carbonyl (C=O) groups excluding carboxylic acids is 1. The van der Waals surface area contributed by atoms with Gasteiger partial charge >= 0.3 is 0 Å². The van der Waals surface area contributed by atoms with Crippen LogP contribution in [0.25, 0.3) is 0 Å². The third-order valence-corrected chi connectivity index (χ3v) is 4.05. The Morgan fingerprint density at radius 1 is 1.37 bits per heavy atom. The van der Waals surface area contributed by atoms with Crippen LogP contribution in [-0.4, -0.2) is 22.2 Å². The van der Waals surface area contributed by atoms with Crippen LogP contribution in [0.3, 0.4) is 0 Å². The van der Waals surface area contributed by atoms with Crippen LogP contribution in [0, 0.1) is 10.1 Å². The molecule has 1 aliphatic rings. The number of amides is 1. The summed E-state index contributed by atoms with van der Waals surface area (Å²) in [5.41, 5.74) is -0.505. The lowest BCUT2D eigenvalue weighted by atomic mass is 9.99. The van der Waals surface area contributed by atoms with E-state index in [1.54, 1.807) is 12.1 Å². The van der Waals surface area contributed by atoms with Gasteiger partial charge in [-0.05, 0) is 18.9 Å². The largest absolute Gasteiger partial charge is 0.345 e. The van der Waals surface area contributed by atoms with E-state index in [4.69, 9.17) is 11.6 Å². The van der Waals surface area contributed by atoms with Crippen molar-refractivity contribution in [3.05, 3.63) is 39.9 Å². The van der Waals surface area contributed by atoms with Crippen LogP contribution in [0.1, 0.15) is 36.0 Å². The van der Waals surface area contributed by atoms with Gasteiger partial charge in [0.25, 0.3) is 11.6 Å². The average molecular weight is 283 g/mol. The quantitative estimate of drug-likeness (QED) is 0.524. The summed E-state index contributed by atoms with van der Waals surface area (Å²) >= 11 is 5.95. The van der Waals surface area contributed by atoms with Gasteiger partial charge in [-0.15, -0.1) is 11.6 Å². The lowest BCUT2D eigenvalue weighted by molar-refractivity contribution is -0.385. The Hall–Kier alpha value is -1.62. The second kappa shape index (κ2) is 5.57. The summed E-state index contributed by atoms with van der Waals surface area (Å²) in [5, 5.41) is 13.8. The Kier molecular flexibility index (Phi) is 4.04. The molecule has 6 heteroatoms. The molecule has 0 aromatic heterocycles. The molecule has 0 heterocycles. The van der Waals surface area contributed by atoms with Crippen LogP contribution in [0.4, 0.5) is 5.69 Å². The fraction of sp³-hybridized carbons (Fsp3) is 0.462. The van der Waals surface area contributed by atoms with Crippen molar-refractivity contribution in [1.29, 1.82) is 0 Å². The highest BCUT2D eigenvalue weighted by Crippen LogP contribution is 2.31. The highest BCUT2D eigenvalue weighted by Gasteiger charge is 2.35. The van der Waals surface area contributed by atoms with Crippen molar-refractivity contribution in [3.63, 3.8) is 0 Å². The van der Waals surface area contributed by atoms with Crippen molar-refractivity contribution in [1.82, 2.24) is 5.32 Å². The summed E-state index contributed by atoms with van der Waals surface area (Å²) in [6.07, 6.45) is 3.68. The van der Waals surface area contributed by atoms with E-state index >= 15 is 0 Å². The summed E-state index contributed by atoms with van der Waals surface area (Å²) in [7, 11) is 0. The summed E-state index contributed by atoms with van der Waals surface area (Å²) in [6, 6.07) is 5.95. The van der Waals surface area contributed by atoms with Crippen LogP contribution in [0.15, 0.2) is 24.3 Å². The van der Waals surface area contributed by atoms with Gasteiger partial charge < -0.3 is 5.32 Å². The molecule has 102 valence electrons. The minimum Gasteiger partial charge on any atom is -0.345 e. The number of benzene rings is 1. The maximum absolute atomic E-state index is 12.2. The zero-order valence-corrected chi connectivity index (χ0v) is 11.2. The molecular weight excluding hydrogens is 268 g/mol. The molecule has 1 N–H and O–H groups in total. The molecule has 0 aliphatic heterocycles. The molecule has 0 radical (unpaired) electrons. The maximum Gasteiger partial charge on any atom is 0.282 e. The van der Waals surface area contributed by atoms with Gasteiger partial charge in [-0.1, -0.05) is 25.0 Å². The van der Waals surface area contributed by atoms with E-state index in [1.165, 1.54) is 12.1 Å². The number of nitrogens with zero attached hydrogens (tertiary/aromatic N) is 1. The van der Waals surface area contributed by atoms with E-state index in [-0.39, 0.29) is 11.3 Å².